The zero-order valence-electron chi connectivity index (χ0n) is 14.7. The summed E-state index contributed by atoms with van der Waals surface area (Å²) < 4.78 is 0. The number of carbonyl (C=O) groups is 1. The van der Waals surface area contributed by atoms with Crippen molar-refractivity contribution < 1.29 is 4.79 Å². The third-order valence-corrected chi connectivity index (χ3v) is 5.70. The van der Waals surface area contributed by atoms with Crippen LogP contribution in [0, 0.1) is 6.92 Å². The molecule has 1 aromatic heterocycles. The van der Waals surface area contributed by atoms with Crippen LogP contribution in [0.1, 0.15) is 52.5 Å². The van der Waals surface area contributed by atoms with Gasteiger partial charge in [-0.05, 0) is 56.4 Å². The second kappa shape index (κ2) is 9.95. The lowest BCUT2D eigenvalue weighted by Gasteiger charge is -2.30. The zero-order chi connectivity index (χ0) is 16.8. The van der Waals surface area contributed by atoms with Gasteiger partial charge in [-0.15, -0.1) is 23.7 Å². The zero-order valence-corrected chi connectivity index (χ0v) is 16.4. The van der Waals surface area contributed by atoms with E-state index < -0.39 is 0 Å². The van der Waals surface area contributed by atoms with Crippen molar-refractivity contribution >= 4 is 29.7 Å². The van der Waals surface area contributed by atoms with Crippen molar-refractivity contribution in [3.63, 3.8) is 0 Å². The summed E-state index contributed by atoms with van der Waals surface area (Å²) >= 11 is 1.79. The molecule has 3 nitrogen and oxygen atoms in total. The van der Waals surface area contributed by atoms with Gasteiger partial charge in [0.2, 0.25) is 0 Å². The lowest BCUT2D eigenvalue weighted by Crippen LogP contribution is -2.38. The van der Waals surface area contributed by atoms with Gasteiger partial charge in [0, 0.05) is 17.0 Å². The normalized spacial score (nSPS) is 16.5. The molecule has 1 unspecified atom stereocenters. The van der Waals surface area contributed by atoms with E-state index in [0.29, 0.717) is 6.54 Å². The SMILES string of the molecule is Cc1ccc(C(=O)NCC(c2cccs2)N2CCCCCC2)cc1.Cl. The first-order valence-electron chi connectivity index (χ1n) is 8.86. The number of nitrogens with zero attached hydrogens (tertiary/aromatic N) is 1. The van der Waals surface area contributed by atoms with Crippen LogP contribution in [-0.4, -0.2) is 30.4 Å². The standard InChI is InChI=1S/C20H26N2OS.ClH/c1-16-8-10-17(11-9-16)20(23)21-15-18(19-7-6-14-24-19)22-12-4-2-3-5-13-22;/h6-11,14,18H,2-5,12-13,15H2,1H3,(H,21,23);1H. The highest BCUT2D eigenvalue weighted by molar-refractivity contribution is 7.10. The number of hydrogen-bond acceptors (Lipinski definition) is 3. The van der Waals surface area contributed by atoms with Crippen LogP contribution in [0.2, 0.25) is 0 Å². The van der Waals surface area contributed by atoms with Crippen molar-refractivity contribution in [1.29, 1.82) is 0 Å². The van der Waals surface area contributed by atoms with Crippen LogP contribution in [0.5, 0.6) is 0 Å². The molecule has 136 valence electrons. The third kappa shape index (κ3) is 5.56. The molecule has 1 aliphatic heterocycles. The first-order valence-corrected chi connectivity index (χ1v) is 9.74. The lowest BCUT2D eigenvalue weighted by atomic mass is 10.1. The quantitative estimate of drug-likeness (QED) is 0.808. The van der Waals surface area contributed by atoms with E-state index in [2.05, 4.69) is 27.7 Å². The Hall–Kier alpha value is -1.36. The average Bonchev–Trinajstić information content (AvgIpc) is 2.98. The fourth-order valence-corrected chi connectivity index (χ4v) is 4.15. The molecule has 1 saturated heterocycles. The number of nitrogens with one attached hydrogen (secondary N) is 1. The van der Waals surface area contributed by atoms with E-state index in [1.54, 1.807) is 11.3 Å². The Kier molecular flexibility index (Phi) is 7.94. The molecule has 5 heteroatoms. The van der Waals surface area contributed by atoms with E-state index in [1.807, 2.05) is 31.2 Å². The van der Waals surface area contributed by atoms with Crippen LogP contribution in [0.4, 0.5) is 0 Å². The molecule has 3 rings (SSSR count). The van der Waals surface area contributed by atoms with Gasteiger partial charge in [0.05, 0.1) is 6.04 Å². The average molecular weight is 379 g/mol. The van der Waals surface area contributed by atoms with Crippen molar-refractivity contribution in [3.8, 4) is 0 Å². The van der Waals surface area contributed by atoms with Gasteiger partial charge in [0.15, 0.2) is 0 Å². The molecule has 1 fully saturated rings. The molecular weight excluding hydrogens is 352 g/mol. The maximum atomic E-state index is 12.5. The summed E-state index contributed by atoms with van der Waals surface area (Å²) in [7, 11) is 0. The van der Waals surface area contributed by atoms with E-state index >= 15 is 0 Å². The van der Waals surface area contributed by atoms with E-state index in [0.717, 1.165) is 18.7 Å². The van der Waals surface area contributed by atoms with Gasteiger partial charge in [-0.25, -0.2) is 0 Å². The number of thiophene rings is 1. The lowest BCUT2D eigenvalue weighted by molar-refractivity contribution is 0.0934. The third-order valence-electron chi connectivity index (χ3n) is 4.72. The fourth-order valence-electron chi connectivity index (χ4n) is 3.29. The summed E-state index contributed by atoms with van der Waals surface area (Å²) in [4.78, 5) is 16.4. The highest BCUT2D eigenvalue weighted by Crippen LogP contribution is 2.27. The number of rotatable bonds is 5. The van der Waals surface area contributed by atoms with Crippen LogP contribution in [0.15, 0.2) is 41.8 Å². The highest BCUT2D eigenvalue weighted by Gasteiger charge is 2.23. The Morgan fingerprint density at radius 1 is 1.12 bits per heavy atom. The molecule has 0 aliphatic carbocycles. The molecule has 25 heavy (non-hydrogen) atoms. The number of hydrogen-bond donors (Lipinski definition) is 1. The largest absolute Gasteiger partial charge is 0.350 e. The summed E-state index contributed by atoms with van der Waals surface area (Å²) in [6.45, 7) is 4.97. The van der Waals surface area contributed by atoms with Gasteiger partial charge in [0.1, 0.15) is 0 Å². The molecule has 0 radical (unpaired) electrons. The van der Waals surface area contributed by atoms with E-state index in [9.17, 15) is 4.79 Å². The summed E-state index contributed by atoms with van der Waals surface area (Å²) in [5, 5.41) is 5.28. The minimum Gasteiger partial charge on any atom is -0.350 e. The van der Waals surface area contributed by atoms with Gasteiger partial charge in [-0.2, -0.15) is 0 Å². The minimum absolute atomic E-state index is 0. The Labute approximate surface area is 160 Å². The van der Waals surface area contributed by atoms with Gasteiger partial charge >= 0.3 is 0 Å². The summed E-state index contributed by atoms with van der Waals surface area (Å²) in [5.41, 5.74) is 1.91. The first-order chi connectivity index (χ1) is 11.7. The molecule has 2 aromatic rings. The summed E-state index contributed by atoms with van der Waals surface area (Å²) in [5.74, 6) is 0.0198. The maximum Gasteiger partial charge on any atom is 0.251 e. The summed E-state index contributed by atoms with van der Waals surface area (Å²) in [6.07, 6.45) is 5.16. The van der Waals surface area contributed by atoms with Crippen LogP contribution in [-0.2, 0) is 0 Å². The molecule has 0 bridgehead atoms. The van der Waals surface area contributed by atoms with Gasteiger partial charge in [-0.3, -0.25) is 9.69 Å². The Bertz CT molecular complexity index is 634. The van der Waals surface area contributed by atoms with Crippen LogP contribution < -0.4 is 5.32 Å². The monoisotopic (exact) mass is 378 g/mol. The number of halogens is 1. The van der Waals surface area contributed by atoms with Crippen molar-refractivity contribution in [2.75, 3.05) is 19.6 Å². The predicted molar refractivity (Wildman–Crippen MR) is 108 cm³/mol. The van der Waals surface area contributed by atoms with Crippen LogP contribution in [0.25, 0.3) is 0 Å². The number of aryl methyl sites for hydroxylation is 1. The Morgan fingerprint density at radius 3 is 2.40 bits per heavy atom. The number of carbonyl (C=O) groups excluding carboxylic acids is 1. The predicted octanol–water partition coefficient (Wildman–Crippen LogP) is 4.83. The van der Waals surface area contributed by atoms with E-state index in [1.165, 1.54) is 36.1 Å². The van der Waals surface area contributed by atoms with Gasteiger partial charge in [-0.1, -0.05) is 36.6 Å². The Balaban J connectivity index is 0.00000225. The van der Waals surface area contributed by atoms with E-state index in [4.69, 9.17) is 0 Å². The van der Waals surface area contributed by atoms with Crippen molar-refractivity contribution in [3.05, 3.63) is 57.8 Å². The molecule has 1 amide bonds. The van der Waals surface area contributed by atoms with Crippen LogP contribution in [0.3, 0.4) is 0 Å². The van der Waals surface area contributed by atoms with Gasteiger partial charge in [0.25, 0.3) is 5.91 Å². The Morgan fingerprint density at radius 2 is 1.80 bits per heavy atom. The topological polar surface area (TPSA) is 32.3 Å². The second-order valence-electron chi connectivity index (χ2n) is 6.56. The first kappa shape index (κ1) is 20.0. The molecular formula is C20H27ClN2OS. The molecule has 1 aromatic carbocycles. The molecule has 0 saturated carbocycles. The summed E-state index contributed by atoms with van der Waals surface area (Å²) in [6, 6.07) is 12.4. The molecule has 1 atom stereocenters. The molecule has 2 heterocycles. The van der Waals surface area contributed by atoms with Gasteiger partial charge < -0.3 is 5.32 Å². The molecule has 0 spiro atoms. The number of amides is 1. The number of likely N-dealkylation sites (tertiary alicyclic amines) is 1. The van der Waals surface area contributed by atoms with Crippen molar-refractivity contribution in [2.24, 2.45) is 0 Å². The second-order valence-corrected chi connectivity index (χ2v) is 7.54. The van der Waals surface area contributed by atoms with E-state index in [-0.39, 0.29) is 24.4 Å². The highest BCUT2D eigenvalue weighted by atomic mass is 35.5. The molecule has 1 N–H and O–H groups in total. The molecule has 1 aliphatic rings. The maximum absolute atomic E-state index is 12.5. The van der Waals surface area contributed by atoms with Crippen molar-refractivity contribution in [2.45, 2.75) is 38.6 Å². The number of benzene rings is 1. The van der Waals surface area contributed by atoms with Crippen LogP contribution >= 0.6 is 23.7 Å². The smallest absolute Gasteiger partial charge is 0.251 e. The van der Waals surface area contributed by atoms with Crippen molar-refractivity contribution in [1.82, 2.24) is 10.2 Å². The minimum atomic E-state index is 0. The fraction of sp³-hybridized carbons (Fsp3) is 0.450.